The highest BCUT2D eigenvalue weighted by Gasteiger charge is 2.55. The third-order valence-electron chi connectivity index (χ3n) is 9.10. The Balaban J connectivity index is 1.63. The summed E-state index contributed by atoms with van der Waals surface area (Å²) in [5, 5.41) is 1.93. The van der Waals surface area contributed by atoms with Gasteiger partial charge in [-0.25, -0.2) is 0 Å². The molecule has 0 spiro atoms. The van der Waals surface area contributed by atoms with Crippen LogP contribution < -0.4 is 4.90 Å². The van der Waals surface area contributed by atoms with Crippen molar-refractivity contribution in [3.8, 4) is 11.1 Å². The maximum absolute atomic E-state index is 3.91. The monoisotopic (exact) mass is 429 g/mol. The van der Waals surface area contributed by atoms with E-state index >= 15 is 0 Å². The van der Waals surface area contributed by atoms with Crippen molar-refractivity contribution in [3.63, 3.8) is 0 Å². The van der Waals surface area contributed by atoms with E-state index in [-0.39, 0.29) is 11.1 Å². The Morgan fingerprint density at radius 2 is 1.84 bits per heavy atom. The van der Waals surface area contributed by atoms with Gasteiger partial charge in [0, 0.05) is 47.2 Å². The molecule has 2 aromatic rings. The molecule has 0 amide bonds. The Morgan fingerprint density at radius 3 is 2.61 bits per heavy atom. The molecule has 1 saturated heterocycles. The van der Waals surface area contributed by atoms with E-state index in [4.69, 9.17) is 0 Å². The van der Waals surface area contributed by atoms with Gasteiger partial charge in [-0.2, -0.15) is 0 Å². The van der Waals surface area contributed by atoms with E-state index in [0.717, 1.165) is 0 Å². The highest BCUT2D eigenvalue weighted by molar-refractivity contribution is 8.02. The zero-order valence-electron chi connectivity index (χ0n) is 19.2. The van der Waals surface area contributed by atoms with Crippen LogP contribution in [0.1, 0.15) is 70.1 Å². The lowest BCUT2D eigenvalue weighted by Crippen LogP contribution is -3.12. The summed E-state index contributed by atoms with van der Waals surface area (Å²) in [5.41, 5.74) is 9.46. The minimum atomic E-state index is 0.0156. The molecule has 2 bridgehead atoms. The van der Waals surface area contributed by atoms with Gasteiger partial charge >= 0.3 is 0 Å². The highest BCUT2D eigenvalue weighted by Crippen LogP contribution is 2.54. The molecule has 1 fully saturated rings. The number of hydrogen-bond acceptors (Lipinski definition) is 2. The van der Waals surface area contributed by atoms with Gasteiger partial charge in [-0.3, -0.25) is 4.90 Å². The zero-order chi connectivity index (χ0) is 21.6. The average Bonchev–Trinajstić information content (AvgIpc) is 3.12. The van der Waals surface area contributed by atoms with Gasteiger partial charge in [0.05, 0.1) is 6.20 Å². The number of quaternary nitrogens is 1. The smallest absolute Gasteiger partial charge is 0.179 e. The van der Waals surface area contributed by atoms with E-state index < -0.39 is 0 Å². The summed E-state index contributed by atoms with van der Waals surface area (Å²) < 4.78 is 0. The molecule has 2 nitrogen and oxygen atoms in total. The molecule has 0 saturated carbocycles. The number of thioether (sulfide) groups is 1. The number of nitrogens with zero attached hydrogens (tertiary/aromatic N) is 1. The van der Waals surface area contributed by atoms with Gasteiger partial charge in [-0.1, -0.05) is 45.2 Å². The molecule has 4 aliphatic rings. The minimum Gasteiger partial charge on any atom is -0.321 e. The number of benzene rings is 2. The Kier molecular flexibility index (Phi) is 4.00. The van der Waals surface area contributed by atoms with E-state index in [9.17, 15) is 0 Å². The average molecular weight is 430 g/mol. The first kappa shape index (κ1) is 19.7. The molecular formula is C28H33N2S+. The second-order valence-electron chi connectivity index (χ2n) is 10.6. The highest BCUT2D eigenvalue weighted by atomic mass is 32.2. The molecule has 3 heterocycles. The normalized spacial score (nSPS) is 31.1. The fourth-order valence-electron chi connectivity index (χ4n) is 6.99. The Hall–Kier alpha value is -1.97. The van der Waals surface area contributed by atoms with E-state index in [0.29, 0.717) is 5.41 Å². The summed E-state index contributed by atoms with van der Waals surface area (Å²) in [5.74, 6) is 0. The molecule has 160 valence electrons. The van der Waals surface area contributed by atoms with Crippen molar-refractivity contribution in [2.45, 2.75) is 74.8 Å². The van der Waals surface area contributed by atoms with Crippen LogP contribution in [-0.2, 0) is 10.8 Å². The molecule has 2 aromatic carbocycles. The summed E-state index contributed by atoms with van der Waals surface area (Å²) >= 11 is 1.72. The first-order valence-corrected chi connectivity index (χ1v) is 12.7. The summed E-state index contributed by atoms with van der Waals surface area (Å²) in [6, 6.07) is 12.2. The van der Waals surface area contributed by atoms with Crippen LogP contribution in [0.2, 0.25) is 0 Å². The van der Waals surface area contributed by atoms with Crippen LogP contribution >= 0.6 is 11.8 Å². The molecule has 0 radical (unpaired) electrons. The Bertz CT molecular complexity index is 1150. The molecule has 3 aliphatic heterocycles. The maximum Gasteiger partial charge on any atom is 0.179 e. The van der Waals surface area contributed by atoms with Gasteiger partial charge in [0.1, 0.15) is 11.9 Å². The van der Waals surface area contributed by atoms with E-state index in [1.54, 1.807) is 22.2 Å². The number of nitrogens with one attached hydrogen (secondary N) is 1. The van der Waals surface area contributed by atoms with E-state index in [1.807, 2.05) is 5.41 Å². The standard InChI is InChI=1S/C28H32N2S/c1-6-28-11-10-27(5)29(13-12-28)14-15-30(27)25-18-23-21(17-24(25)28)20-9-8-19(31-7-2)16-22(20)26(23,3)4/h7-9,14-18H,2,6,10-13H2,1,3-5H3/p+1/t27-,28?/m0/s1. The van der Waals surface area contributed by atoms with Crippen molar-refractivity contribution in [1.82, 2.24) is 4.90 Å². The summed E-state index contributed by atoms with van der Waals surface area (Å²) in [6.07, 6.45) is 9.83. The molecule has 6 rings (SSSR count). The molecular weight excluding hydrogens is 396 g/mol. The second-order valence-corrected chi connectivity index (χ2v) is 11.7. The van der Waals surface area contributed by atoms with Gasteiger partial charge in [-0.05, 0) is 65.1 Å². The topological polar surface area (TPSA) is 7.68 Å². The third kappa shape index (κ3) is 2.40. The van der Waals surface area contributed by atoms with Gasteiger partial charge in [0.2, 0.25) is 0 Å². The summed E-state index contributed by atoms with van der Waals surface area (Å²) in [4.78, 5) is 5.47. The zero-order valence-corrected chi connectivity index (χ0v) is 20.0. The van der Waals surface area contributed by atoms with Crippen molar-refractivity contribution in [2.24, 2.45) is 0 Å². The quantitative estimate of drug-likeness (QED) is 0.590. The lowest BCUT2D eigenvalue weighted by atomic mass is 9.71. The summed E-state index contributed by atoms with van der Waals surface area (Å²) in [7, 11) is 0. The molecule has 1 aliphatic carbocycles. The maximum atomic E-state index is 3.91. The van der Waals surface area contributed by atoms with Crippen LogP contribution in [-0.4, -0.2) is 17.1 Å². The molecule has 3 heteroatoms. The van der Waals surface area contributed by atoms with E-state index in [2.05, 4.69) is 81.9 Å². The number of hydrogen-bond donors (Lipinski definition) is 1. The van der Waals surface area contributed by atoms with Crippen LogP contribution in [0.5, 0.6) is 0 Å². The predicted octanol–water partition coefficient (Wildman–Crippen LogP) is 6.09. The Labute approximate surface area is 191 Å². The van der Waals surface area contributed by atoms with Crippen LogP contribution in [0.4, 0.5) is 5.69 Å². The summed E-state index contributed by atoms with van der Waals surface area (Å²) in [6.45, 7) is 14.8. The third-order valence-corrected chi connectivity index (χ3v) is 9.79. The molecule has 0 aromatic heterocycles. The van der Waals surface area contributed by atoms with Gasteiger partial charge in [0.15, 0.2) is 5.66 Å². The van der Waals surface area contributed by atoms with Crippen LogP contribution in [0.25, 0.3) is 11.1 Å². The molecule has 1 N–H and O–H groups in total. The van der Waals surface area contributed by atoms with Crippen molar-refractivity contribution in [1.29, 1.82) is 0 Å². The van der Waals surface area contributed by atoms with Crippen molar-refractivity contribution in [3.05, 3.63) is 71.4 Å². The molecule has 2 unspecified atom stereocenters. The number of rotatable bonds is 3. The Morgan fingerprint density at radius 1 is 1.03 bits per heavy atom. The van der Waals surface area contributed by atoms with Gasteiger partial charge in [-0.15, -0.1) is 0 Å². The van der Waals surface area contributed by atoms with Crippen LogP contribution in [0.3, 0.4) is 0 Å². The van der Waals surface area contributed by atoms with Crippen molar-refractivity contribution >= 4 is 17.4 Å². The molecule has 31 heavy (non-hydrogen) atoms. The van der Waals surface area contributed by atoms with Gasteiger partial charge < -0.3 is 4.90 Å². The van der Waals surface area contributed by atoms with Crippen LogP contribution in [0, 0.1) is 0 Å². The fourth-order valence-corrected chi connectivity index (χ4v) is 7.51. The lowest BCUT2D eigenvalue weighted by Gasteiger charge is -2.40. The predicted molar refractivity (Wildman–Crippen MR) is 131 cm³/mol. The first-order valence-electron chi connectivity index (χ1n) is 11.8. The van der Waals surface area contributed by atoms with Gasteiger partial charge in [0.25, 0.3) is 0 Å². The second kappa shape index (κ2) is 6.30. The number of fused-ring (bicyclic) bond motifs is 8. The minimum absolute atomic E-state index is 0.0156. The van der Waals surface area contributed by atoms with Crippen molar-refractivity contribution < 1.29 is 4.90 Å². The SMILES string of the molecule is C=CSc1ccc2c(c1)C(C)(C)c1cc3c(cc1-2)C1(CC)CCN2C=C[NH+]3[C@@]2(C)CC1. The fraction of sp³-hybridized carbons (Fsp3) is 0.429. The first-order chi connectivity index (χ1) is 14.8. The largest absolute Gasteiger partial charge is 0.321 e. The van der Waals surface area contributed by atoms with Crippen LogP contribution in [0.15, 0.2) is 59.6 Å². The lowest BCUT2D eigenvalue weighted by molar-refractivity contribution is -0.843. The van der Waals surface area contributed by atoms with E-state index in [1.165, 1.54) is 65.1 Å². The molecule has 3 atom stereocenters. The van der Waals surface area contributed by atoms with Crippen molar-refractivity contribution in [2.75, 3.05) is 6.54 Å².